The van der Waals surface area contributed by atoms with Crippen molar-refractivity contribution in [1.82, 2.24) is 0 Å². The van der Waals surface area contributed by atoms with Gasteiger partial charge in [0.05, 0.1) is 32.2 Å². The number of imide groups is 1. The fraction of sp³-hybridized carbons (Fsp3) is 0.259. The van der Waals surface area contributed by atoms with Crippen molar-refractivity contribution in [1.29, 1.82) is 0 Å². The fourth-order valence-electron chi connectivity index (χ4n) is 4.83. The lowest BCUT2D eigenvalue weighted by atomic mass is 9.89. The van der Waals surface area contributed by atoms with E-state index in [0.717, 1.165) is 5.69 Å². The maximum Gasteiger partial charge on any atom is 0.266 e. The molecule has 0 saturated carbocycles. The molecule has 3 aromatic carbocycles. The van der Waals surface area contributed by atoms with Crippen LogP contribution in [0.2, 0.25) is 0 Å². The van der Waals surface area contributed by atoms with E-state index in [1.165, 1.54) is 4.90 Å². The van der Waals surface area contributed by atoms with E-state index in [1.807, 2.05) is 49.4 Å². The minimum absolute atomic E-state index is 0.361. The van der Waals surface area contributed by atoms with Gasteiger partial charge in [0.25, 0.3) is 5.91 Å². The number of rotatable bonds is 7. The number of para-hydroxylation sites is 4. The molecule has 8 nitrogen and oxygen atoms in total. The third-order valence-electron chi connectivity index (χ3n) is 6.28. The molecule has 0 unspecified atom stereocenters. The molecule has 0 radical (unpaired) electrons. The molecule has 3 aromatic rings. The van der Waals surface area contributed by atoms with E-state index in [2.05, 4.69) is 0 Å². The summed E-state index contributed by atoms with van der Waals surface area (Å²) in [4.78, 5) is 35.0. The Hall–Kier alpha value is -4.04. The summed E-state index contributed by atoms with van der Waals surface area (Å²) in [5.41, 5.74) is 1.81. The molecule has 180 valence electrons. The van der Waals surface area contributed by atoms with Crippen molar-refractivity contribution in [3.05, 3.63) is 78.4 Å². The van der Waals surface area contributed by atoms with E-state index in [9.17, 15) is 9.59 Å². The van der Waals surface area contributed by atoms with Crippen LogP contribution in [0.3, 0.4) is 0 Å². The summed E-state index contributed by atoms with van der Waals surface area (Å²) in [6, 6.07) is 21.3. The number of carbonyl (C=O) groups is 2. The lowest BCUT2D eigenvalue weighted by Crippen LogP contribution is -2.37. The molecule has 8 heteroatoms. The smallest absolute Gasteiger partial charge is 0.266 e. The highest BCUT2D eigenvalue weighted by Crippen LogP contribution is 2.51. The van der Waals surface area contributed by atoms with Gasteiger partial charge >= 0.3 is 0 Å². The molecule has 2 aliphatic heterocycles. The van der Waals surface area contributed by atoms with Gasteiger partial charge in [-0.2, -0.15) is 0 Å². The third-order valence-corrected chi connectivity index (χ3v) is 6.28. The first-order valence-electron chi connectivity index (χ1n) is 11.4. The SMILES string of the molecule is CCOc1ccccc1N1C(=O)[C@H]2[C@@H](c3cccc(OC)c3OC)N(c3ccccc3)O[C@H]2C1=O. The Kier molecular flexibility index (Phi) is 6.05. The van der Waals surface area contributed by atoms with Gasteiger partial charge in [0.15, 0.2) is 17.6 Å². The zero-order chi connectivity index (χ0) is 24.5. The molecule has 0 aliphatic carbocycles. The summed E-state index contributed by atoms with van der Waals surface area (Å²) in [6.07, 6.45) is -1.00. The van der Waals surface area contributed by atoms with Crippen LogP contribution >= 0.6 is 0 Å². The van der Waals surface area contributed by atoms with E-state index < -0.39 is 24.0 Å². The van der Waals surface area contributed by atoms with Crippen LogP contribution in [0.15, 0.2) is 72.8 Å². The highest BCUT2D eigenvalue weighted by atomic mass is 16.7. The standard InChI is InChI=1S/C27H26N2O6/c1-4-34-20-15-9-8-14-19(20)28-26(30)22-23(18-13-10-16-21(32-2)24(18)33-3)29(35-25(22)27(28)31)17-11-6-5-7-12-17/h5-16,22-23,25H,4H2,1-3H3/t22-,23+,25+/m0/s1. The van der Waals surface area contributed by atoms with Gasteiger partial charge < -0.3 is 14.2 Å². The van der Waals surface area contributed by atoms with Crippen LogP contribution in [0.5, 0.6) is 17.2 Å². The van der Waals surface area contributed by atoms with Gasteiger partial charge in [-0.15, -0.1) is 0 Å². The summed E-state index contributed by atoms with van der Waals surface area (Å²) in [5, 5.41) is 1.63. The quantitative estimate of drug-likeness (QED) is 0.476. The molecule has 2 amide bonds. The van der Waals surface area contributed by atoms with Crippen molar-refractivity contribution < 1.29 is 28.6 Å². The molecule has 5 rings (SSSR count). The molecule has 0 aromatic heterocycles. The van der Waals surface area contributed by atoms with Crippen molar-refractivity contribution in [2.75, 3.05) is 30.8 Å². The van der Waals surface area contributed by atoms with E-state index >= 15 is 0 Å². The Morgan fingerprint density at radius 1 is 0.829 bits per heavy atom. The Morgan fingerprint density at radius 3 is 2.26 bits per heavy atom. The Labute approximate surface area is 203 Å². The van der Waals surface area contributed by atoms with Gasteiger partial charge in [-0.25, -0.2) is 9.96 Å². The molecule has 2 fully saturated rings. The lowest BCUT2D eigenvalue weighted by molar-refractivity contribution is -0.126. The maximum atomic E-state index is 13.9. The molecule has 35 heavy (non-hydrogen) atoms. The third kappa shape index (κ3) is 3.66. The van der Waals surface area contributed by atoms with E-state index in [4.69, 9.17) is 19.0 Å². The van der Waals surface area contributed by atoms with Crippen molar-refractivity contribution in [2.45, 2.75) is 19.1 Å². The summed E-state index contributed by atoms with van der Waals surface area (Å²) < 4.78 is 16.9. The zero-order valence-electron chi connectivity index (χ0n) is 19.7. The Morgan fingerprint density at radius 2 is 1.54 bits per heavy atom. The number of anilines is 2. The van der Waals surface area contributed by atoms with Gasteiger partial charge in [0.2, 0.25) is 5.91 Å². The van der Waals surface area contributed by atoms with Gasteiger partial charge in [-0.05, 0) is 37.3 Å². The summed E-state index contributed by atoms with van der Waals surface area (Å²) in [5.74, 6) is -0.126. The van der Waals surface area contributed by atoms with Gasteiger partial charge in [-0.1, -0.05) is 42.5 Å². The van der Waals surface area contributed by atoms with Crippen LogP contribution < -0.4 is 24.2 Å². The number of carbonyl (C=O) groups excluding carboxylic acids is 2. The largest absolute Gasteiger partial charge is 0.493 e. The first kappa shape index (κ1) is 22.7. The minimum atomic E-state index is -1.00. The molecule has 3 atom stereocenters. The second-order valence-corrected chi connectivity index (χ2v) is 8.15. The normalized spacial score (nSPS) is 21.3. The molecule has 2 heterocycles. The van der Waals surface area contributed by atoms with Crippen LogP contribution in [-0.2, 0) is 14.4 Å². The number of hydrogen-bond donors (Lipinski definition) is 0. The van der Waals surface area contributed by atoms with Gasteiger partial charge in [-0.3, -0.25) is 14.4 Å². The first-order chi connectivity index (χ1) is 17.1. The Bertz CT molecular complexity index is 1250. The van der Waals surface area contributed by atoms with E-state index in [1.54, 1.807) is 49.6 Å². The number of amides is 2. The van der Waals surface area contributed by atoms with Crippen molar-refractivity contribution in [3.63, 3.8) is 0 Å². The average molecular weight is 475 g/mol. The van der Waals surface area contributed by atoms with Gasteiger partial charge in [0, 0.05) is 5.56 Å². The number of methoxy groups -OCH3 is 2. The predicted molar refractivity (Wildman–Crippen MR) is 130 cm³/mol. The number of hydrogen-bond acceptors (Lipinski definition) is 7. The van der Waals surface area contributed by atoms with Crippen LogP contribution in [0.1, 0.15) is 18.5 Å². The summed E-state index contributed by atoms with van der Waals surface area (Å²) >= 11 is 0. The molecule has 0 N–H and O–H groups in total. The predicted octanol–water partition coefficient (Wildman–Crippen LogP) is 4.15. The minimum Gasteiger partial charge on any atom is -0.493 e. The van der Waals surface area contributed by atoms with Crippen molar-refractivity contribution in [2.24, 2.45) is 5.92 Å². The molecular formula is C27H26N2O6. The van der Waals surface area contributed by atoms with E-state index in [0.29, 0.717) is 35.1 Å². The second-order valence-electron chi connectivity index (χ2n) is 8.15. The maximum absolute atomic E-state index is 13.9. The number of benzene rings is 3. The number of ether oxygens (including phenoxy) is 3. The second kappa shape index (κ2) is 9.31. The number of fused-ring (bicyclic) bond motifs is 1. The van der Waals surface area contributed by atoms with Gasteiger partial charge in [0.1, 0.15) is 17.7 Å². The van der Waals surface area contributed by atoms with Crippen molar-refractivity contribution in [3.8, 4) is 17.2 Å². The number of hydroxylamine groups is 1. The fourth-order valence-corrected chi connectivity index (χ4v) is 4.83. The van der Waals surface area contributed by atoms with Crippen LogP contribution in [-0.4, -0.2) is 38.7 Å². The topological polar surface area (TPSA) is 77.5 Å². The lowest BCUT2D eigenvalue weighted by Gasteiger charge is -2.30. The highest BCUT2D eigenvalue weighted by Gasteiger charge is 2.61. The molecular weight excluding hydrogens is 448 g/mol. The van der Waals surface area contributed by atoms with Crippen LogP contribution in [0.4, 0.5) is 11.4 Å². The summed E-state index contributed by atoms with van der Waals surface area (Å²) in [7, 11) is 3.11. The number of nitrogens with zero attached hydrogens (tertiary/aromatic N) is 2. The van der Waals surface area contributed by atoms with Crippen LogP contribution in [0, 0.1) is 5.92 Å². The Balaban J connectivity index is 1.64. The molecule has 0 spiro atoms. The zero-order valence-corrected chi connectivity index (χ0v) is 19.7. The highest BCUT2D eigenvalue weighted by molar-refractivity contribution is 6.24. The molecule has 0 bridgehead atoms. The molecule has 2 aliphatic rings. The summed E-state index contributed by atoms with van der Waals surface area (Å²) in [6.45, 7) is 2.26. The molecule has 2 saturated heterocycles. The average Bonchev–Trinajstić information content (AvgIpc) is 3.40. The van der Waals surface area contributed by atoms with Crippen LogP contribution in [0.25, 0.3) is 0 Å². The first-order valence-corrected chi connectivity index (χ1v) is 11.4. The van der Waals surface area contributed by atoms with Crippen molar-refractivity contribution >= 4 is 23.2 Å². The van der Waals surface area contributed by atoms with E-state index in [-0.39, 0.29) is 5.91 Å². The monoisotopic (exact) mass is 474 g/mol.